The minimum absolute atomic E-state index is 0.150. The molecule has 1 aliphatic heterocycles. The molecule has 25 heavy (non-hydrogen) atoms. The van der Waals surface area contributed by atoms with E-state index in [0.717, 1.165) is 24.2 Å². The van der Waals surface area contributed by atoms with Crippen LogP contribution >= 0.6 is 0 Å². The monoisotopic (exact) mass is 342 g/mol. The van der Waals surface area contributed by atoms with Crippen molar-refractivity contribution in [1.29, 1.82) is 0 Å². The van der Waals surface area contributed by atoms with Gasteiger partial charge in [0.2, 0.25) is 0 Å². The number of aryl methyl sites for hydroxylation is 1. The molecule has 1 N–H and O–H groups in total. The molecule has 2 aromatic rings. The smallest absolute Gasteiger partial charge is 0.308 e. The van der Waals surface area contributed by atoms with Crippen LogP contribution in [0, 0.1) is 12.8 Å². The maximum Gasteiger partial charge on any atom is 0.308 e. The number of carboxylic acids is 1. The van der Waals surface area contributed by atoms with E-state index in [-0.39, 0.29) is 18.4 Å². The summed E-state index contributed by atoms with van der Waals surface area (Å²) in [6, 6.07) is 3.64. The van der Waals surface area contributed by atoms with Gasteiger partial charge in [0.05, 0.1) is 17.7 Å². The van der Waals surface area contributed by atoms with Crippen molar-refractivity contribution in [2.24, 2.45) is 5.92 Å². The Hall–Kier alpha value is -2.70. The number of carbonyl (C=O) groups is 2. The summed E-state index contributed by atoms with van der Waals surface area (Å²) in [4.78, 5) is 30.2. The van der Waals surface area contributed by atoms with Crippen molar-refractivity contribution in [3.05, 3.63) is 47.5 Å². The number of amides is 1. The third-order valence-corrected chi connectivity index (χ3v) is 4.83. The number of aromatic nitrogens is 3. The summed E-state index contributed by atoms with van der Waals surface area (Å²) >= 11 is 0. The van der Waals surface area contributed by atoms with Crippen molar-refractivity contribution in [3.8, 4) is 0 Å². The van der Waals surface area contributed by atoms with Gasteiger partial charge in [0.25, 0.3) is 5.91 Å². The Balaban J connectivity index is 1.84. The first kappa shape index (κ1) is 17.1. The lowest BCUT2D eigenvalue weighted by Gasteiger charge is -2.16. The predicted octanol–water partition coefficient (Wildman–Crippen LogP) is 1.94. The second kappa shape index (κ2) is 7.04. The third-order valence-electron chi connectivity index (χ3n) is 4.83. The Labute approximate surface area is 146 Å². The van der Waals surface area contributed by atoms with Crippen molar-refractivity contribution in [1.82, 2.24) is 19.7 Å². The maximum absolute atomic E-state index is 12.9. The number of nitrogens with zero attached hydrogens (tertiary/aromatic N) is 4. The summed E-state index contributed by atoms with van der Waals surface area (Å²) in [5.74, 6) is -1.87. The van der Waals surface area contributed by atoms with Crippen molar-refractivity contribution >= 4 is 11.9 Å². The largest absolute Gasteiger partial charge is 0.481 e. The van der Waals surface area contributed by atoms with E-state index in [2.05, 4.69) is 17.0 Å². The van der Waals surface area contributed by atoms with Crippen LogP contribution in [0.15, 0.2) is 30.7 Å². The van der Waals surface area contributed by atoms with Crippen molar-refractivity contribution in [2.75, 3.05) is 13.1 Å². The van der Waals surface area contributed by atoms with Gasteiger partial charge in [-0.05, 0) is 31.0 Å². The number of aliphatic carboxylic acids is 1. The fraction of sp³-hybridized carbons (Fsp3) is 0.444. The summed E-state index contributed by atoms with van der Waals surface area (Å²) in [5, 5.41) is 13.8. The normalized spacial score (nSPS) is 20.0. The Kier molecular flexibility index (Phi) is 4.83. The zero-order valence-corrected chi connectivity index (χ0v) is 14.4. The first-order chi connectivity index (χ1) is 12.0. The number of rotatable bonds is 5. The Morgan fingerprint density at radius 3 is 2.64 bits per heavy atom. The lowest BCUT2D eigenvalue weighted by atomic mass is 9.90. The van der Waals surface area contributed by atoms with Gasteiger partial charge in [-0.3, -0.25) is 19.3 Å². The topological polar surface area (TPSA) is 88.3 Å². The molecule has 0 radical (unpaired) electrons. The van der Waals surface area contributed by atoms with Crippen LogP contribution in [0.4, 0.5) is 0 Å². The van der Waals surface area contributed by atoms with Crippen molar-refractivity contribution in [3.63, 3.8) is 0 Å². The van der Waals surface area contributed by atoms with E-state index in [1.807, 2.05) is 23.7 Å². The molecule has 132 valence electrons. The van der Waals surface area contributed by atoms with Crippen LogP contribution in [0.3, 0.4) is 0 Å². The average Bonchev–Trinajstić information content (AvgIpc) is 3.21. The fourth-order valence-electron chi connectivity index (χ4n) is 3.43. The molecular weight excluding hydrogens is 320 g/mol. The predicted molar refractivity (Wildman–Crippen MR) is 91.3 cm³/mol. The molecule has 2 atom stereocenters. The Morgan fingerprint density at radius 1 is 1.28 bits per heavy atom. The fourth-order valence-corrected chi connectivity index (χ4v) is 3.43. The highest BCUT2D eigenvalue weighted by Crippen LogP contribution is 2.33. The lowest BCUT2D eigenvalue weighted by Crippen LogP contribution is -2.30. The molecule has 7 nitrogen and oxygen atoms in total. The first-order valence-corrected chi connectivity index (χ1v) is 8.47. The lowest BCUT2D eigenvalue weighted by molar-refractivity contribution is -0.141. The van der Waals surface area contributed by atoms with Gasteiger partial charge in [0.15, 0.2) is 0 Å². The SMILES string of the molecule is CCCn1ncc(C(=O)N2C[C@H](C(=O)O)[C@@H](c3ccncc3)C2)c1C. The summed E-state index contributed by atoms with van der Waals surface area (Å²) in [6.45, 7) is 5.29. The highest BCUT2D eigenvalue weighted by atomic mass is 16.4. The standard InChI is InChI=1S/C18H22N4O3/c1-3-8-22-12(2)14(9-20-22)17(23)21-10-15(16(11-21)18(24)25)13-4-6-19-7-5-13/h4-7,9,15-16H,3,8,10-11H2,1-2H3,(H,24,25)/t15-,16+/m1/s1. The molecule has 0 spiro atoms. The molecule has 3 rings (SSSR count). The number of hydrogen-bond acceptors (Lipinski definition) is 4. The summed E-state index contributed by atoms with van der Waals surface area (Å²) < 4.78 is 1.82. The van der Waals surface area contributed by atoms with Crippen LogP contribution in [0.1, 0.15) is 40.9 Å². The number of pyridine rings is 1. The number of likely N-dealkylation sites (tertiary alicyclic amines) is 1. The third kappa shape index (κ3) is 3.26. The Morgan fingerprint density at radius 2 is 2.00 bits per heavy atom. The molecule has 0 saturated carbocycles. The first-order valence-electron chi connectivity index (χ1n) is 8.47. The minimum atomic E-state index is -0.879. The molecule has 2 aromatic heterocycles. The average molecular weight is 342 g/mol. The highest BCUT2D eigenvalue weighted by Gasteiger charge is 2.41. The van der Waals surface area contributed by atoms with E-state index < -0.39 is 11.9 Å². The van der Waals surface area contributed by atoms with Gasteiger partial charge in [0, 0.05) is 43.6 Å². The van der Waals surface area contributed by atoms with Gasteiger partial charge in [-0.1, -0.05) is 6.92 Å². The molecule has 0 aliphatic carbocycles. The summed E-state index contributed by atoms with van der Waals surface area (Å²) in [6.07, 6.45) is 5.82. The van der Waals surface area contributed by atoms with Gasteiger partial charge in [-0.2, -0.15) is 5.10 Å². The van der Waals surface area contributed by atoms with E-state index in [1.54, 1.807) is 23.5 Å². The zero-order valence-electron chi connectivity index (χ0n) is 14.4. The van der Waals surface area contributed by atoms with E-state index in [9.17, 15) is 14.7 Å². The van der Waals surface area contributed by atoms with Crippen LogP contribution in [0.2, 0.25) is 0 Å². The molecule has 3 heterocycles. The number of hydrogen-bond donors (Lipinski definition) is 1. The van der Waals surface area contributed by atoms with Gasteiger partial charge >= 0.3 is 5.97 Å². The number of carboxylic acid groups (broad SMARTS) is 1. The van der Waals surface area contributed by atoms with Crippen molar-refractivity contribution < 1.29 is 14.7 Å². The zero-order chi connectivity index (χ0) is 18.0. The van der Waals surface area contributed by atoms with Gasteiger partial charge in [-0.15, -0.1) is 0 Å². The van der Waals surface area contributed by atoms with Crippen LogP contribution in [0.25, 0.3) is 0 Å². The second-order valence-electron chi connectivity index (χ2n) is 6.41. The van der Waals surface area contributed by atoms with E-state index in [0.29, 0.717) is 12.1 Å². The van der Waals surface area contributed by atoms with Crippen LogP contribution in [-0.2, 0) is 11.3 Å². The second-order valence-corrected chi connectivity index (χ2v) is 6.41. The molecule has 7 heteroatoms. The molecule has 1 fully saturated rings. The Bertz CT molecular complexity index is 772. The van der Waals surface area contributed by atoms with E-state index >= 15 is 0 Å². The van der Waals surface area contributed by atoms with Crippen molar-refractivity contribution in [2.45, 2.75) is 32.7 Å². The van der Waals surface area contributed by atoms with Gasteiger partial charge < -0.3 is 10.0 Å². The molecule has 1 saturated heterocycles. The molecule has 1 amide bonds. The number of carbonyl (C=O) groups excluding carboxylic acids is 1. The molecular formula is C18H22N4O3. The van der Waals surface area contributed by atoms with Crippen LogP contribution in [0.5, 0.6) is 0 Å². The van der Waals surface area contributed by atoms with Gasteiger partial charge in [0.1, 0.15) is 0 Å². The van der Waals surface area contributed by atoms with E-state index in [1.165, 1.54) is 0 Å². The summed E-state index contributed by atoms with van der Waals surface area (Å²) in [7, 11) is 0. The highest BCUT2D eigenvalue weighted by molar-refractivity contribution is 5.95. The molecule has 1 aliphatic rings. The van der Waals surface area contributed by atoms with Crippen LogP contribution in [-0.4, -0.2) is 49.7 Å². The summed E-state index contributed by atoms with van der Waals surface area (Å²) in [5.41, 5.74) is 2.27. The van der Waals surface area contributed by atoms with E-state index in [4.69, 9.17) is 0 Å². The molecule has 0 bridgehead atoms. The quantitative estimate of drug-likeness (QED) is 0.897. The molecule has 0 unspecified atom stereocenters. The maximum atomic E-state index is 12.9. The van der Waals surface area contributed by atoms with Gasteiger partial charge in [-0.25, -0.2) is 0 Å². The van der Waals surface area contributed by atoms with Crippen LogP contribution < -0.4 is 0 Å². The molecule has 0 aromatic carbocycles. The minimum Gasteiger partial charge on any atom is -0.481 e.